The molecule has 3 rings (SSSR count). The molecule has 1 aromatic heterocycles. The van der Waals surface area contributed by atoms with E-state index in [9.17, 15) is 9.18 Å². The standard InChI is InChI=1S/C20H21FN4O2S/c1-13(2)25-19(16-6-4-5-7-17(16)21)23-24-20(25)28-12-18(26)22-14-8-10-15(27-3)11-9-14/h4-11,13H,12H2,1-3H3,(H,22,26). The molecule has 0 aliphatic heterocycles. The van der Waals surface area contributed by atoms with Gasteiger partial charge in [0.15, 0.2) is 11.0 Å². The van der Waals surface area contributed by atoms with Crippen molar-refractivity contribution in [3.8, 4) is 17.1 Å². The van der Waals surface area contributed by atoms with Crippen LogP contribution in [0, 0.1) is 5.82 Å². The van der Waals surface area contributed by atoms with Crippen LogP contribution in [0.2, 0.25) is 0 Å². The first-order valence-electron chi connectivity index (χ1n) is 8.76. The van der Waals surface area contributed by atoms with Crippen LogP contribution in [0.3, 0.4) is 0 Å². The summed E-state index contributed by atoms with van der Waals surface area (Å²) in [6.45, 7) is 3.93. The van der Waals surface area contributed by atoms with Gasteiger partial charge in [0.25, 0.3) is 0 Å². The molecule has 0 fully saturated rings. The molecule has 0 aliphatic rings. The summed E-state index contributed by atoms with van der Waals surface area (Å²) in [5, 5.41) is 11.7. The number of ether oxygens (including phenoxy) is 1. The van der Waals surface area contributed by atoms with Crippen LogP contribution in [0.15, 0.2) is 53.7 Å². The fourth-order valence-corrected chi connectivity index (χ4v) is 3.54. The van der Waals surface area contributed by atoms with Crippen LogP contribution in [-0.4, -0.2) is 33.5 Å². The van der Waals surface area contributed by atoms with Gasteiger partial charge >= 0.3 is 0 Å². The number of nitrogens with one attached hydrogen (secondary N) is 1. The zero-order valence-corrected chi connectivity index (χ0v) is 16.7. The Morgan fingerprint density at radius 1 is 1.18 bits per heavy atom. The average Bonchev–Trinajstić information content (AvgIpc) is 3.11. The van der Waals surface area contributed by atoms with E-state index in [0.717, 1.165) is 5.75 Å². The Balaban J connectivity index is 1.72. The molecule has 0 aliphatic carbocycles. The molecule has 0 atom stereocenters. The van der Waals surface area contributed by atoms with Crippen molar-refractivity contribution >= 4 is 23.4 Å². The van der Waals surface area contributed by atoms with E-state index in [4.69, 9.17) is 4.74 Å². The number of thioether (sulfide) groups is 1. The molecule has 0 spiro atoms. The number of anilines is 1. The summed E-state index contributed by atoms with van der Waals surface area (Å²) in [6.07, 6.45) is 0. The average molecular weight is 400 g/mol. The van der Waals surface area contributed by atoms with E-state index in [-0.39, 0.29) is 23.5 Å². The van der Waals surface area contributed by atoms with Crippen molar-refractivity contribution in [3.05, 3.63) is 54.3 Å². The summed E-state index contributed by atoms with van der Waals surface area (Å²) in [6, 6.07) is 13.6. The second-order valence-corrected chi connectivity index (χ2v) is 7.26. The molecule has 1 amide bonds. The van der Waals surface area contributed by atoms with Gasteiger partial charge in [-0.2, -0.15) is 0 Å². The van der Waals surface area contributed by atoms with Crippen molar-refractivity contribution in [1.82, 2.24) is 14.8 Å². The molecule has 1 N–H and O–H groups in total. The lowest BCUT2D eigenvalue weighted by Crippen LogP contribution is -2.15. The van der Waals surface area contributed by atoms with Crippen molar-refractivity contribution in [2.75, 3.05) is 18.2 Å². The van der Waals surface area contributed by atoms with Gasteiger partial charge in [0.05, 0.1) is 18.4 Å². The van der Waals surface area contributed by atoms with E-state index in [2.05, 4.69) is 15.5 Å². The molecule has 0 unspecified atom stereocenters. The van der Waals surface area contributed by atoms with Gasteiger partial charge < -0.3 is 10.1 Å². The maximum Gasteiger partial charge on any atom is 0.234 e. The zero-order valence-electron chi connectivity index (χ0n) is 15.8. The number of benzene rings is 2. The van der Waals surface area contributed by atoms with Crippen LogP contribution >= 0.6 is 11.8 Å². The van der Waals surface area contributed by atoms with Crippen LogP contribution < -0.4 is 10.1 Å². The first kappa shape index (κ1) is 19.9. The van der Waals surface area contributed by atoms with Gasteiger partial charge in [-0.15, -0.1) is 10.2 Å². The monoisotopic (exact) mass is 400 g/mol. The van der Waals surface area contributed by atoms with Crippen LogP contribution in [0.25, 0.3) is 11.4 Å². The molecular formula is C20H21FN4O2S. The Morgan fingerprint density at radius 3 is 2.54 bits per heavy atom. The highest BCUT2D eigenvalue weighted by Gasteiger charge is 2.19. The summed E-state index contributed by atoms with van der Waals surface area (Å²) in [7, 11) is 1.59. The van der Waals surface area contributed by atoms with E-state index < -0.39 is 0 Å². The number of halogens is 1. The number of nitrogens with zero attached hydrogens (tertiary/aromatic N) is 3. The highest BCUT2D eigenvalue weighted by Crippen LogP contribution is 2.29. The molecule has 6 nitrogen and oxygen atoms in total. The van der Waals surface area contributed by atoms with E-state index in [1.807, 2.05) is 18.4 Å². The van der Waals surface area contributed by atoms with Gasteiger partial charge in [-0.3, -0.25) is 9.36 Å². The molecule has 146 valence electrons. The van der Waals surface area contributed by atoms with Gasteiger partial charge in [0, 0.05) is 11.7 Å². The molecule has 1 heterocycles. The van der Waals surface area contributed by atoms with Crippen molar-refractivity contribution in [2.45, 2.75) is 25.0 Å². The second kappa shape index (κ2) is 8.88. The van der Waals surface area contributed by atoms with Gasteiger partial charge in [-0.1, -0.05) is 23.9 Å². The summed E-state index contributed by atoms with van der Waals surface area (Å²) in [5.74, 6) is 0.810. The Hall–Kier alpha value is -2.87. The van der Waals surface area contributed by atoms with E-state index in [1.54, 1.807) is 49.6 Å². The van der Waals surface area contributed by atoms with Gasteiger partial charge in [-0.25, -0.2) is 4.39 Å². The molecule has 28 heavy (non-hydrogen) atoms. The third kappa shape index (κ3) is 4.51. The normalized spacial score (nSPS) is 10.9. The first-order chi connectivity index (χ1) is 13.5. The highest BCUT2D eigenvalue weighted by molar-refractivity contribution is 7.99. The lowest BCUT2D eigenvalue weighted by atomic mass is 10.2. The molecule has 0 bridgehead atoms. The second-order valence-electron chi connectivity index (χ2n) is 6.32. The smallest absolute Gasteiger partial charge is 0.234 e. The van der Waals surface area contributed by atoms with Crippen LogP contribution in [0.4, 0.5) is 10.1 Å². The van der Waals surface area contributed by atoms with Gasteiger partial charge in [-0.05, 0) is 50.2 Å². The molecule has 0 saturated heterocycles. The molecule has 0 saturated carbocycles. The highest BCUT2D eigenvalue weighted by atomic mass is 32.2. The Morgan fingerprint density at radius 2 is 1.89 bits per heavy atom. The van der Waals surface area contributed by atoms with Crippen molar-refractivity contribution in [1.29, 1.82) is 0 Å². The SMILES string of the molecule is COc1ccc(NC(=O)CSc2nnc(-c3ccccc3F)n2C(C)C)cc1. The van der Waals surface area contributed by atoms with Gasteiger partial charge in [0.1, 0.15) is 11.6 Å². The zero-order chi connectivity index (χ0) is 20.1. The van der Waals surface area contributed by atoms with Crippen LogP contribution in [-0.2, 0) is 4.79 Å². The molecule has 0 radical (unpaired) electrons. The minimum Gasteiger partial charge on any atom is -0.497 e. The fraction of sp³-hybridized carbons (Fsp3) is 0.250. The fourth-order valence-electron chi connectivity index (χ4n) is 2.67. The number of amides is 1. The van der Waals surface area contributed by atoms with Crippen LogP contribution in [0.5, 0.6) is 5.75 Å². The summed E-state index contributed by atoms with van der Waals surface area (Å²) in [4.78, 5) is 12.3. The molecular weight excluding hydrogens is 379 g/mol. The number of methoxy groups -OCH3 is 1. The molecule has 2 aromatic carbocycles. The molecule has 8 heteroatoms. The number of carbonyl (C=O) groups excluding carboxylic acids is 1. The topological polar surface area (TPSA) is 69.0 Å². The van der Waals surface area contributed by atoms with Crippen molar-refractivity contribution < 1.29 is 13.9 Å². The first-order valence-corrected chi connectivity index (χ1v) is 9.74. The Bertz CT molecular complexity index is 957. The summed E-state index contributed by atoms with van der Waals surface area (Å²) >= 11 is 1.26. The van der Waals surface area contributed by atoms with E-state index >= 15 is 0 Å². The molecule has 3 aromatic rings. The van der Waals surface area contributed by atoms with Gasteiger partial charge in [0.2, 0.25) is 5.91 Å². The number of aromatic nitrogens is 3. The van der Waals surface area contributed by atoms with Crippen molar-refractivity contribution in [2.24, 2.45) is 0 Å². The third-order valence-corrected chi connectivity index (χ3v) is 4.94. The lowest BCUT2D eigenvalue weighted by molar-refractivity contribution is -0.113. The van der Waals surface area contributed by atoms with E-state index in [1.165, 1.54) is 17.8 Å². The van der Waals surface area contributed by atoms with E-state index in [0.29, 0.717) is 22.2 Å². The minimum atomic E-state index is -0.356. The number of carbonyl (C=O) groups is 1. The third-order valence-electron chi connectivity index (χ3n) is 4.00. The predicted molar refractivity (Wildman–Crippen MR) is 108 cm³/mol. The minimum absolute atomic E-state index is 0.0109. The Labute approximate surface area is 167 Å². The maximum atomic E-state index is 14.2. The maximum absolute atomic E-state index is 14.2. The van der Waals surface area contributed by atoms with Crippen LogP contribution in [0.1, 0.15) is 19.9 Å². The Kier molecular flexibility index (Phi) is 6.30. The summed E-state index contributed by atoms with van der Waals surface area (Å²) in [5.41, 5.74) is 1.07. The lowest BCUT2D eigenvalue weighted by Gasteiger charge is -2.14. The number of hydrogen-bond donors (Lipinski definition) is 1. The largest absolute Gasteiger partial charge is 0.497 e. The predicted octanol–water partition coefficient (Wildman–Crippen LogP) is 4.40. The number of hydrogen-bond acceptors (Lipinski definition) is 5. The van der Waals surface area contributed by atoms with Crippen molar-refractivity contribution in [3.63, 3.8) is 0 Å². The quantitative estimate of drug-likeness (QED) is 0.595. The summed E-state index contributed by atoms with van der Waals surface area (Å²) < 4.78 is 21.1. The number of rotatable bonds is 7.